The van der Waals surface area contributed by atoms with Crippen LogP contribution in [0.2, 0.25) is 0 Å². The molecule has 0 unspecified atom stereocenters. The number of benzene rings is 8. The SMILES string of the molecule is CC(C)Cc1cc2c(-c3ccccc3-c3cccc4ccccc34)cccc2[cH-]1.CC(C)Cc1cc2c(-c3ccccc3-c3cccc4ccccc34)cccc2[cH-]1.CCC(=O)N[B]NC(=O)CC.[Cl][Zr+2][Cl]. The van der Waals surface area contributed by atoms with E-state index < -0.39 is 20.8 Å². The normalized spacial score (nSPS) is 10.8. The molecule has 2 amide bonds. The Morgan fingerprint density at radius 3 is 1.08 bits per heavy atom. The van der Waals surface area contributed by atoms with Gasteiger partial charge in [-0.1, -0.05) is 198 Å². The number of carbonyl (C=O) groups is 2. The molecule has 4 nitrogen and oxygen atoms in total. The van der Waals surface area contributed by atoms with Crippen LogP contribution in [-0.2, 0) is 43.3 Å². The van der Waals surface area contributed by atoms with Crippen molar-refractivity contribution in [2.24, 2.45) is 11.8 Å². The Hall–Kier alpha value is -6.03. The van der Waals surface area contributed by atoms with Gasteiger partial charge < -0.3 is 10.5 Å². The topological polar surface area (TPSA) is 58.2 Å². The molecule has 8 heteroatoms. The molecule has 1 radical (unpaired) electrons. The molecule has 0 saturated heterocycles. The summed E-state index contributed by atoms with van der Waals surface area (Å²) < 4.78 is 0. The molecule has 0 saturated carbocycles. The molecule has 10 rings (SSSR count). The van der Waals surface area contributed by atoms with E-state index in [0.29, 0.717) is 24.7 Å². The molecule has 0 bridgehead atoms. The molecule has 0 aliphatic heterocycles. The van der Waals surface area contributed by atoms with Gasteiger partial charge in [0.25, 0.3) is 0 Å². The molecule has 10 aromatic rings. The number of rotatable bonds is 12. The maximum atomic E-state index is 10.6. The summed E-state index contributed by atoms with van der Waals surface area (Å²) in [5.41, 5.74) is 13.3. The summed E-state index contributed by atoms with van der Waals surface area (Å²) in [6, 6.07) is 71.1. The van der Waals surface area contributed by atoms with Crippen molar-refractivity contribution in [3.05, 3.63) is 205 Å². The van der Waals surface area contributed by atoms with Gasteiger partial charge in [-0.25, -0.2) is 0 Å². The number of hydrogen-bond acceptors (Lipinski definition) is 2. The molecule has 0 spiro atoms. The van der Waals surface area contributed by atoms with Crippen LogP contribution in [0.5, 0.6) is 0 Å². The predicted molar refractivity (Wildman–Crippen MR) is 307 cm³/mol. The Balaban J connectivity index is 0.000000168. The van der Waals surface area contributed by atoms with Crippen molar-refractivity contribution in [3.8, 4) is 44.5 Å². The van der Waals surface area contributed by atoms with Crippen LogP contribution in [0.15, 0.2) is 194 Å². The third-order valence-corrected chi connectivity index (χ3v) is 12.6. The zero-order valence-corrected chi connectivity index (χ0v) is 46.1. The van der Waals surface area contributed by atoms with E-state index in [1.165, 1.54) is 106 Å². The van der Waals surface area contributed by atoms with Gasteiger partial charge in [0.1, 0.15) is 0 Å². The third-order valence-electron chi connectivity index (χ3n) is 12.6. The second-order valence-electron chi connectivity index (χ2n) is 18.7. The zero-order valence-electron chi connectivity index (χ0n) is 42.1. The molecular formula is C64H62BCl2N2O2Zr. The van der Waals surface area contributed by atoms with Gasteiger partial charge in [0.2, 0.25) is 11.8 Å². The van der Waals surface area contributed by atoms with Gasteiger partial charge in [-0.3, -0.25) is 9.59 Å². The number of fused-ring (bicyclic) bond motifs is 4. The summed E-state index contributed by atoms with van der Waals surface area (Å²) in [7, 11) is 11.1. The van der Waals surface area contributed by atoms with Crippen LogP contribution in [0, 0.1) is 11.8 Å². The van der Waals surface area contributed by atoms with Gasteiger partial charge >= 0.3 is 45.4 Å². The predicted octanol–water partition coefficient (Wildman–Crippen LogP) is 17.4. The van der Waals surface area contributed by atoms with E-state index in [9.17, 15) is 9.59 Å². The Labute approximate surface area is 445 Å². The van der Waals surface area contributed by atoms with E-state index in [4.69, 9.17) is 17.0 Å². The van der Waals surface area contributed by atoms with Crippen LogP contribution in [0.25, 0.3) is 87.6 Å². The first-order chi connectivity index (χ1) is 35.0. The van der Waals surface area contributed by atoms with Crippen LogP contribution < -0.4 is 10.5 Å². The Morgan fingerprint density at radius 1 is 0.444 bits per heavy atom. The molecular weight excluding hydrogens is 1000 g/mol. The monoisotopic (exact) mass is 1060 g/mol. The molecule has 72 heavy (non-hydrogen) atoms. The standard InChI is InChI=1S/2C29H25.C6H12BN2O2.2ClH.Zr/c2*1-20(2)17-21-18-23-11-8-16-28(29(23)19-21)27-14-6-5-13-26(27)25-15-7-10-22-9-3-4-12-24(22)25;1-3-5(10)8-7-9-6(11)4-2;;;/h2*3-16,18-20H,17H2,1-2H3;3-4H2,1-2H3,(H,8,10)(H,9,11);2*1H;/q2*-1;;;;+4/p-2. The summed E-state index contributed by atoms with van der Waals surface area (Å²) in [4.78, 5) is 21.2. The number of hydrogen-bond donors (Lipinski definition) is 2. The minimum absolute atomic E-state index is 0.110. The first-order valence-electron chi connectivity index (χ1n) is 24.9. The first kappa shape index (κ1) is 53.8. The van der Waals surface area contributed by atoms with Gasteiger partial charge in [-0.2, -0.15) is 12.1 Å². The molecule has 0 aliphatic carbocycles. The Morgan fingerprint density at radius 2 is 0.736 bits per heavy atom. The summed E-state index contributed by atoms with van der Waals surface area (Å²) in [6.07, 6.45) is 3.08. The average Bonchev–Trinajstić information content (AvgIpc) is 4.01. The fourth-order valence-corrected chi connectivity index (χ4v) is 9.47. The van der Waals surface area contributed by atoms with Crippen molar-refractivity contribution in [3.63, 3.8) is 0 Å². The average molecular weight is 1060 g/mol. The quantitative estimate of drug-likeness (QED) is 0.0946. The molecule has 2 N–H and O–H groups in total. The van der Waals surface area contributed by atoms with Crippen LogP contribution in [-0.4, -0.2) is 19.4 Å². The number of halogens is 2. The van der Waals surface area contributed by atoms with Crippen molar-refractivity contribution < 1.29 is 30.4 Å². The van der Waals surface area contributed by atoms with E-state index in [1.54, 1.807) is 13.8 Å². The van der Waals surface area contributed by atoms with Gasteiger partial charge in [0.15, 0.2) is 0 Å². The maximum absolute atomic E-state index is 10.6. The van der Waals surface area contributed by atoms with Crippen molar-refractivity contribution in [2.75, 3.05) is 0 Å². The second-order valence-corrected chi connectivity index (χ2v) is 22.5. The van der Waals surface area contributed by atoms with Crippen molar-refractivity contribution in [1.82, 2.24) is 10.5 Å². The summed E-state index contributed by atoms with van der Waals surface area (Å²) >= 11 is -0.826. The molecule has 0 heterocycles. The summed E-state index contributed by atoms with van der Waals surface area (Å²) in [5.74, 6) is 1.11. The minimum atomic E-state index is -0.826. The van der Waals surface area contributed by atoms with Crippen molar-refractivity contribution >= 4 is 79.5 Å². The fourth-order valence-electron chi connectivity index (χ4n) is 9.47. The van der Waals surface area contributed by atoms with E-state index in [2.05, 4.69) is 232 Å². The van der Waals surface area contributed by atoms with Crippen molar-refractivity contribution in [1.29, 1.82) is 0 Å². The summed E-state index contributed by atoms with van der Waals surface area (Å²) in [6.45, 7) is 12.6. The van der Waals surface area contributed by atoms with E-state index >= 15 is 0 Å². The molecule has 0 aromatic heterocycles. The third kappa shape index (κ3) is 13.7. The van der Waals surface area contributed by atoms with E-state index in [0.717, 1.165) is 12.8 Å². The van der Waals surface area contributed by atoms with Crippen LogP contribution in [0.1, 0.15) is 65.5 Å². The number of nitrogens with one attached hydrogen (secondary N) is 2. The zero-order chi connectivity index (χ0) is 51.0. The first-order valence-corrected chi connectivity index (χ1v) is 31.2. The molecule has 361 valence electrons. The number of amides is 2. The van der Waals surface area contributed by atoms with Gasteiger partial charge in [-0.05, 0) is 79.6 Å². The Bertz CT molecular complexity index is 3160. The number of carbonyl (C=O) groups excluding carboxylic acids is 2. The molecule has 0 fully saturated rings. The van der Waals surface area contributed by atoms with Crippen molar-refractivity contribution in [2.45, 2.75) is 67.2 Å². The van der Waals surface area contributed by atoms with E-state index in [1.807, 2.05) is 0 Å². The van der Waals surface area contributed by atoms with Gasteiger partial charge in [-0.15, -0.1) is 69.1 Å². The molecule has 0 atom stereocenters. The van der Waals surface area contributed by atoms with Gasteiger partial charge in [0.05, 0.1) is 0 Å². The van der Waals surface area contributed by atoms with Gasteiger partial charge in [0, 0.05) is 12.8 Å². The molecule has 10 aromatic carbocycles. The Kier molecular flexibility index (Phi) is 19.9. The second kappa shape index (κ2) is 26.6. The summed E-state index contributed by atoms with van der Waals surface area (Å²) in [5, 5.41) is 15.4. The van der Waals surface area contributed by atoms with Crippen LogP contribution in [0.4, 0.5) is 0 Å². The van der Waals surface area contributed by atoms with Crippen LogP contribution in [0.3, 0.4) is 0 Å². The van der Waals surface area contributed by atoms with E-state index in [-0.39, 0.29) is 11.8 Å². The fraction of sp³-hybridized carbons (Fsp3) is 0.188. The molecule has 0 aliphatic rings. The van der Waals surface area contributed by atoms with Crippen LogP contribution >= 0.6 is 17.0 Å².